The van der Waals surface area contributed by atoms with Crippen LogP contribution < -0.4 is 9.47 Å². The van der Waals surface area contributed by atoms with Gasteiger partial charge in [0.25, 0.3) is 0 Å². The van der Waals surface area contributed by atoms with Crippen LogP contribution in [0, 0.1) is 0 Å². The summed E-state index contributed by atoms with van der Waals surface area (Å²) in [6.07, 6.45) is 0.867. The molecule has 2 aromatic heterocycles. The van der Waals surface area contributed by atoms with Gasteiger partial charge in [0.2, 0.25) is 5.71 Å². The van der Waals surface area contributed by atoms with Gasteiger partial charge in [-0.15, -0.1) is 0 Å². The second kappa shape index (κ2) is 5.96. The van der Waals surface area contributed by atoms with Crippen molar-refractivity contribution in [1.29, 1.82) is 0 Å². The summed E-state index contributed by atoms with van der Waals surface area (Å²) in [6, 6.07) is 5.54. The molecular weight excluding hydrogens is 310 g/mol. The first-order valence-electron chi connectivity index (χ1n) is 7.68. The zero-order chi connectivity index (χ0) is 17.5. The Hall–Kier alpha value is -2.31. The molecule has 0 saturated heterocycles. The standard InChI is InChI=1S/C18H21NO5/c1-18(2,21)13(20)9-10-5-6-11-14(15(10)22-3)19-17-12(7-8-24-17)16(11)23-4/h5-8,13,20-21H,9H2,1-4H3. The molecule has 0 aliphatic heterocycles. The van der Waals surface area contributed by atoms with Crippen LogP contribution in [0.1, 0.15) is 19.4 Å². The van der Waals surface area contributed by atoms with Crippen molar-refractivity contribution in [1.82, 2.24) is 4.98 Å². The highest BCUT2D eigenvalue weighted by atomic mass is 16.5. The van der Waals surface area contributed by atoms with Gasteiger partial charge < -0.3 is 24.1 Å². The number of rotatable bonds is 5. The van der Waals surface area contributed by atoms with Crippen molar-refractivity contribution in [2.24, 2.45) is 0 Å². The number of hydrogen-bond acceptors (Lipinski definition) is 6. The highest BCUT2D eigenvalue weighted by Gasteiger charge is 2.27. The van der Waals surface area contributed by atoms with Crippen LogP contribution in [-0.2, 0) is 6.42 Å². The predicted molar refractivity (Wildman–Crippen MR) is 90.6 cm³/mol. The van der Waals surface area contributed by atoms with E-state index in [1.165, 1.54) is 0 Å². The van der Waals surface area contributed by atoms with Crippen molar-refractivity contribution < 1.29 is 24.1 Å². The molecule has 1 atom stereocenters. The number of fused-ring (bicyclic) bond motifs is 2. The first kappa shape index (κ1) is 16.5. The molecule has 128 valence electrons. The van der Waals surface area contributed by atoms with Gasteiger partial charge in [-0.2, -0.15) is 0 Å². The molecule has 3 aromatic rings. The lowest BCUT2D eigenvalue weighted by atomic mass is 9.94. The van der Waals surface area contributed by atoms with Gasteiger partial charge in [0, 0.05) is 11.8 Å². The summed E-state index contributed by atoms with van der Waals surface area (Å²) in [5.74, 6) is 1.20. The number of ether oxygens (including phenoxy) is 2. The second-order valence-corrected chi connectivity index (χ2v) is 6.31. The van der Waals surface area contributed by atoms with Crippen LogP contribution in [0.2, 0.25) is 0 Å². The highest BCUT2D eigenvalue weighted by molar-refractivity contribution is 6.01. The Bertz CT molecular complexity index is 878. The lowest BCUT2D eigenvalue weighted by molar-refractivity contribution is -0.0471. The summed E-state index contributed by atoms with van der Waals surface area (Å²) in [5.41, 5.74) is 0.589. The maximum Gasteiger partial charge on any atom is 0.230 e. The van der Waals surface area contributed by atoms with Crippen molar-refractivity contribution in [2.45, 2.75) is 32.0 Å². The van der Waals surface area contributed by atoms with Gasteiger partial charge in [-0.05, 0) is 31.5 Å². The maximum atomic E-state index is 10.2. The fourth-order valence-corrected chi connectivity index (χ4v) is 2.78. The van der Waals surface area contributed by atoms with Crippen molar-refractivity contribution in [3.05, 3.63) is 30.0 Å². The van der Waals surface area contributed by atoms with E-state index in [1.807, 2.05) is 12.1 Å². The largest absolute Gasteiger partial charge is 0.495 e. The van der Waals surface area contributed by atoms with Crippen molar-refractivity contribution >= 4 is 22.0 Å². The zero-order valence-electron chi connectivity index (χ0n) is 14.2. The van der Waals surface area contributed by atoms with Crippen LogP contribution >= 0.6 is 0 Å². The zero-order valence-corrected chi connectivity index (χ0v) is 14.2. The molecule has 0 radical (unpaired) electrons. The smallest absolute Gasteiger partial charge is 0.230 e. The molecular formula is C18H21NO5. The van der Waals surface area contributed by atoms with E-state index >= 15 is 0 Å². The number of hydrogen-bond donors (Lipinski definition) is 2. The highest BCUT2D eigenvalue weighted by Crippen LogP contribution is 2.39. The van der Waals surface area contributed by atoms with Crippen LogP contribution in [-0.4, -0.2) is 41.1 Å². The predicted octanol–water partition coefficient (Wildman–Crippen LogP) is 2.67. The quantitative estimate of drug-likeness (QED) is 0.748. The SMILES string of the molecule is COc1c2ccoc2nc2c(OC)c(CC(O)C(C)(C)O)ccc12. The van der Waals surface area contributed by atoms with E-state index in [4.69, 9.17) is 13.9 Å². The number of pyridine rings is 1. The minimum absolute atomic E-state index is 0.239. The molecule has 1 aromatic carbocycles. The molecule has 6 nitrogen and oxygen atoms in total. The molecule has 0 fully saturated rings. The molecule has 6 heteroatoms. The van der Waals surface area contributed by atoms with Gasteiger partial charge in [0.15, 0.2) is 0 Å². The van der Waals surface area contributed by atoms with E-state index in [2.05, 4.69) is 4.98 Å². The van der Waals surface area contributed by atoms with E-state index in [9.17, 15) is 10.2 Å². The Kier molecular flexibility index (Phi) is 4.11. The van der Waals surface area contributed by atoms with Gasteiger partial charge in [-0.25, -0.2) is 4.98 Å². The molecule has 24 heavy (non-hydrogen) atoms. The first-order valence-corrected chi connectivity index (χ1v) is 7.68. The van der Waals surface area contributed by atoms with Crippen LogP contribution in [0.25, 0.3) is 22.0 Å². The van der Waals surface area contributed by atoms with Crippen LogP contribution in [0.4, 0.5) is 0 Å². The van der Waals surface area contributed by atoms with Crippen molar-refractivity contribution in [3.8, 4) is 11.5 Å². The first-order chi connectivity index (χ1) is 11.4. The van der Waals surface area contributed by atoms with E-state index in [-0.39, 0.29) is 6.42 Å². The third-order valence-electron chi connectivity index (χ3n) is 4.20. The molecule has 0 aliphatic carbocycles. The third-order valence-corrected chi connectivity index (χ3v) is 4.20. The molecule has 0 spiro atoms. The molecule has 1 unspecified atom stereocenters. The molecule has 2 heterocycles. The summed E-state index contributed by atoms with van der Waals surface area (Å²) in [6.45, 7) is 3.14. The Balaban J connectivity index is 2.22. The topological polar surface area (TPSA) is 85.0 Å². The number of aromatic nitrogens is 1. The van der Waals surface area contributed by atoms with Crippen molar-refractivity contribution in [2.75, 3.05) is 14.2 Å². The average molecular weight is 331 g/mol. The fourth-order valence-electron chi connectivity index (χ4n) is 2.78. The average Bonchev–Trinajstić information content (AvgIpc) is 2.99. The number of nitrogens with zero attached hydrogens (tertiary/aromatic N) is 1. The second-order valence-electron chi connectivity index (χ2n) is 6.31. The number of furan rings is 1. The monoisotopic (exact) mass is 331 g/mol. The number of benzene rings is 1. The Morgan fingerprint density at radius 2 is 1.83 bits per heavy atom. The molecule has 0 aliphatic rings. The number of aliphatic hydroxyl groups excluding tert-OH is 1. The summed E-state index contributed by atoms with van der Waals surface area (Å²) in [4.78, 5) is 4.53. The lowest BCUT2D eigenvalue weighted by Crippen LogP contribution is -2.37. The number of aliphatic hydroxyl groups is 2. The van der Waals surface area contributed by atoms with Gasteiger partial charge in [-0.3, -0.25) is 0 Å². The summed E-state index contributed by atoms with van der Waals surface area (Å²) < 4.78 is 16.5. The summed E-state index contributed by atoms with van der Waals surface area (Å²) in [5, 5.41) is 21.8. The molecule has 0 bridgehead atoms. The minimum Gasteiger partial charge on any atom is -0.495 e. The minimum atomic E-state index is -1.21. The maximum absolute atomic E-state index is 10.2. The third kappa shape index (κ3) is 2.68. The van der Waals surface area contributed by atoms with Gasteiger partial charge >= 0.3 is 0 Å². The van der Waals surface area contributed by atoms with Crippen LogP contribution in [0.3, 0.4) is 0 Å². The number of methoxy groups -OCH3 is 2. The van der Waals surface area contributed by atoms with E-state index in [0.717, 1.165) is 16.3 Å². The van der Waals surface area contributed by atoms with Gasteiger partial charge in [0.05, 0.1) is 37.6 Å². The Morgan fingerprint density at radius 3 is 2.46 bits per heavy atom. The van der Waals surface area contributed by atoms with E-state index in [0.29, 0.717) is 22.7 Å². The Labute approximate surface area is 139 Å². The summed E-state index contributed by atoms with van der Waals surface area (Å²) >= 11 is 0. The Morgan fingerprint density at radius 1 is 1.12 bits per heavy atom. The molecule has 2 N–H and O–H groups in total. The molecule has 3 rings (SSSR count). The fraction of sp³-hybridized carbons (Fsp3) is 0.389. The van der Waals surface area contributed by atoms with Gasteiger partial charge in [-0.1, -0.05) is 6.07 Å². The van der Waals surface area contributed by atoms with Crippen LogP contribution in [0.15, 0.2) is 28.9 Å². The normalized spacial score (nSPS) is 13.4. The molecule has 0 saturated carbocycles. The van der Waals surface area contributed by atoms with E-state index < -0.39 is 11.7 Å². The van der Waals surface area contributed by atoms with Crippen LogP contribution in [0.5, 0.6) is 11.5 Å². The molecule has 0 amide bonds. The van der Waals surface area contributed by atoms with Crippen molar-refractivity contribution in [3.63, 3.8) is 0 Å². The lowest BCUT2D eigenvalue weighted by Gasteiger charge is -2.25. The van der Waals surface area contributed by atoms with Gasteiger partial charge in [0.1, 0.15) is 17.0 Å². The van der Waals surface area contributed by atoms with E-state index in [1.54, 1.807) is 40.4 Å². The summed E-state index contributed by atoms with van der Waals surface area (Å²) in [7, 11) is 3.15.